The van der Waals surface area contributed by atoms with Gasteiger partial charge in [0.15, 0.2) is 9.84 Å². The smallest absolute Gasteiger partial charge is 0.272 e. The van der Waals surface area contributed by atoms with Crippen molar-refractivity contribution in [2.24, 2.45) is 0 Å². The van der Waals surface area contributed by atoms with E-state index in [2.05, 4.69) is 23.7 Å². The Balaban J connectivity index is 2.13. The fourth-order valence-corrected chi connectivity index (χ4v) is 5.10. The zero-order valence-electron chi connectivity index (χ0n) is 15.4. The molecule has 7 heteroatoms. The first kappa shape index (κ1) is 19.7. The molecule has 0 N–H and O–H groups in total. The molecule has 1 atom stereocenters. The van der Waals surface area contributed by atoms with Crippen LogP contribution in [0.4, 0.5) is 5.69 Å². The molecule has 25 heavy (non-hydrogen) atoms. The Morgan fingerprint density at radius 1 is 1.20 bits per heavy atom. The van der Waals surface area contributed by atoms with E-state index >= 15 is 0 Å². The fourth-order valence-electron chi connectivity index (χ4n) is 3.37. The average Bonchev–Trinajstić information content (AvgIpc) is 2.95. The second kappa shape index (κ2) is 8.65. The van der Waals surface area contributed by atoms with Crippen LogP contribution < -0.4 is 4.90 Å². The van der Waals surface area contributed by atoms with Crippen LogP contribution in [0.2, 0.25) is 0 Å². The molecule has 0 aromatic carbocycles. The number of rotatable bonds is 8. The van der Waals surface area contributed by atoms with Gasteiger partial charge >= 0.3 is 0 Å². The zero-order chi connectivity index (χ0) is 18.4. The molecule has 0 saturated carbocycles. The van der Waals surface area contributed by atoms with E-state index in [1.54, 1.807) is 12.3 Å². The molecule has 1 amide bonds. The summed E-state index contributed by atoms with van der Waals surface area (Å²) >= 11 is 0. The van der Waals surface area contributed by atoms with Crippen molar-refractivity contribution in [3.05, 3.63) is 24.0 Å². The van der Waals surface area contributed by atoms with Gasteiger partial charge in [0.05, 0.1) is 23.4 Å². The van der Waals surface area contributed by atoms with Gasteiger partial charge in [0.25, 0.3) is 5.91 Å². The van der Waals surface area contributed by atoms with Gasteiger partial charge in [-0.2, -0.15) is 0 Å². The predicted octanol–water partition coefficient (Wildman–Crippen LogP) is 2.36. The van der Waals surface area contributed by atoms with Crippen molar-refractivity contribution in [1.82, 2.24) is 9.88 Å². The highest BCUT2D eigenvalue weighted by Gasteiger charge is 2.32. The summed E-state index contributed by atoms with van der Waals surface area (Å²) in [6.45, 7) is 8.30. The van der Waals surface area contributed by atoms with Gasteiger partial charge in [0, 0.05) is 25.7 Å². The number of nitrogens with zero attached hydrogens (tertiary/aromatic N) is 3. The minimum absolute atomic E-state index is 0.00460. The molecule has 0 aliphatic carbocycles. The molecule has 0 bridgehead atoms. The van der Waals surface area contributed by atoms with Gasteiger partial charge in [-0.25, -0.2) is 13.4 Å². The summed E-state index contributed by atoms with van der Waals surface area (Å²) in [7, 11) is -2.93. The van der Waals surface area contributed by atoms with Crippen LogP contribution in [0, 0.1) is 0 Å². The lowest BCUT2D eigenvalue weighted by Crippen LogP contribution is -2.36. The molecule has 1 aromatic rings. The van der Waals surface area contributed by atoms with Crippen molar-refractivity contribution in [1.29, 1.82) is 0 Å². The summed E-state index contributed by atoms with van der Waals surface area (Å²) in [5.74, 6) is 0.408. The summed E-state index contributed by atoms with van der Waals surface area (Å²) < 4.78 is 23.5. The SMILES string of the molecule is CCCN(CCC)C(=O)c1ccc(N(CC)C2CCS(=O)(=O)C2)cn1. The number of aromatic nitrogens is 1. The molecule has 140 valence electrons. The summed E-state index contributed by atoms with van der Waals surface area (Å²) in [6.07, 6.45) is 4.18. The lowest BCUT2D eigenvalue weighted by Gasteiger charge is -2.29. The van der Waals surface area contributed by atoms with E-state index in [-0.39, 0.29) is 23.5 Å². The molecule has 2 heterocycles. The first-order valence-electron chi connectivity index (χ1n) is 9.14. The highest BCUT2D eigenvalue weighted by molar-refractivity contribution is 7.91. The predicted molar refractivity (Wildman–Crippen MR) is 101 cm³/mol. The summed E-state index contributed by atoms with van der Waals surface area (Å²) in [5, 5.41) is 0. The lowest BCUT2D eigenvalue weighted by molar-refractivity contribution is 0.0749. The van der Waals surface area contributed by atoms with Gasteiger partial charge in [-0.05, 0) is 38.3 Å². The number of sulfone groups is 1. The molecule has 1 saturated heterocycles. The van der Waals surface area contributed by atoms with Crippen LogP contribution in [-0.4, -0.2) is 61.4 Å². The maximum atomic E-state index is 12.6. The summed E-state index contributed by atoms with van der Waals surface area (Å²) in [5.41, 5.74) is 1.32. The van der Waals surface area contributed by atoms with E-state index in [0.29, 0.717) is 18.7 Å². The third kappa shape index (κ3) is 4.93. The van der Waals surface area contributed by atoms with E-state index in [1.807, 2.05) is 17.9 Å². The average molecular weight is 368 g/mol. The van der Waals surface area contributed by atoms with E-state index in [4.69, 9.17) is 0 Å². The van der Waals surface area contributed by atoms with Crippen LogP contribution in [0.25, 0.3) is 0 Å². The second-order valence-electron chi connectivity index (χ2n) is 6.54. The summed E-state index contributed by atoms with van der Waals surface area (Å²) in [6, 6.07) is 3.63. The van der Waals surface area contributed by atoms with Crippen molar-refractivity contribution in [2.75, 3.05) is 36.0 Å². The Morgan fingerprint density at radius 3 is 2.32 bits per heavy atom. The highest BCUT2D eigenvalue weighted by Crippen LogP contribution is 2.24. The molecule has 1 aliphatic heterocycles. The molecule has 1 fully saturated rings. The first-order valence-corrected chi connectivity index (χ1v) is 11.0. The normalized spacial score (nSPS) is 18.9. The number of pyridine rings is 1. The van der Waals surface area contributed by atoms with Crippen molar-refractivity contribution in [3.63, 3.8) is 0 Å². The molecule has 0 spiro atoms. The van der Waals surface area contributed by atoms with E-state index < -0.39 is 9.84 Å². The Kier molecular flexibility index (Phi) is 6.81. The van der Waals surface area contributed by atoms with Gasteiger partial charge in [-0.15, -0.1) is 0 Å². The maximum absolute atomic E-state index is 12.6. The molecular formula is C18H29N3O3S. The van der Waals surface area contributed by atoms with Crippen LogP contribution >= 0.6 is 0 Å². The van der Waals surface area contributed by atoms with Crippen molar-refractivity contribution in [3.8, 4) is 0 Å². The number of anilines is 1. The van der Waals surface area contributed by atoms with Crippen molar-refractivity contribution in [2.45, 2.75) is 46.1 Å². The third-order valence-electron chi connectivity index (χ3n) is 4.56. The molecular weight excluding hydrogens is 338 g/mol. The van der Waals surface area contributed by atoms with Crippen LogP contribution in [0.3, 0.4) is 0 Å². The zero-order valence-corrected chi connectivity index (χ0v) is 16.3. The molecule has 6 nitrogen and oxygen atoms in total. The number of hydrogen-bond donors (Lipinski definition) is 0. The number of carbonyl (C=O) groups is 1. The van der Waals surface area contributed by atoms with Crippen LogP contribution in [-0.2, 0) is 9.84 Å². The van der Waals surface area contributed by atoms with E-state index in [9.17, 15) is 13.2 Å². The molecule has 1 aromatic heterocycles. The monoisotopic (exact) mass is 367 g/mol. The minimum Gasteiger partial charge on any atom is -0.367 e. The van der Waals surface area contributed by atoms with E-state index in [1.165, 1.54) is 0 Å². The van der Waals surface area contributed by atoms with Crippen LogP contribution in [0.15, 0.2) is 18.3 Å². The van der Waals surface area contributed by atoms with Gasteiger partial charge in [0.1, 0.15) is 5.69 Å². The standard InChI is InChI=1S/C18H29N3O3S/c1-4-10-20(11-5-2)18(22)17-8-7-15(13-19-17)21(6-3)16-9-12-25(23,24)14-16/h7-8,13,16H,4-6,9-12,14H2,1-3H3. The molecule has 1 aliphatic rings. The molecule has 2 rings (SSSR count). The largest absolute Gasteiger partial charge is 0.367 e. The second-order valence-corrected chi connectivity index (χ2v) is 8.77. The summed E-state index contributed by atoms with van der Waals surface area (Å²) in [4.78, 5) is 20.9. The quantitative estimate of drug-likeness (QED) is 0.705. The van der Waals surface area contributed by atoms with Crippen LogP contribution in [0.5, 0.6) is 0 Å². The van der Waals surface area contributed by atoms with Gasteiger partial charge in [0.2, 0.25) is 0 Å². The first-order chi connectivity index (χ1) is 11.9. The van der Waals surface area contributed by atoms with Crippen LogP contribution in [0.1, 0.15) is 50.5 Å². The third-order valence-corrected chi connectivity index (χ3v) is 6.31. The lowest BCUT2D eigenvalue weighted by atomic mass is 10.2. The van der Waals surface area contributed by atoms with Gasteiger partial charge in [-0.3, -0.25) is 4.79 Å². The van der Waals surface area contributed by atoms with Gasteiger partial charge in [-0.1, -0.05) is 13.8 Å². The molecule has 1 unspecified atom stereocenters. The Bertz CT molecular complexity index is 667. The van der Waals surface area contributed by atoms with Crippen molar-refractivity contribution >= 4 is 21.4 Å². The Hall–Kier alpha value is -1.63. The van der Waals surface area contributed by atoms with E-state index in [0.717, 1.165) is 31.6 Å². The number of carbonyl (C=O) groups excluding carboxylic acids is 1. The minimum atomic E-state index is -2.93. The van der Waals surface area contributed by atoms with Crippen molar-refractivity contribution < 1.29 is 13.2 Å². The Labute approximate surface area is 151 Å². The number of amides is 1. The fraction of sp³-hybridized carbons (Fsp3) is 0.667. The highest BCUT2D eigenvalue weighted by atomic mass is 32.2. The maximum Gasteiger partial charge on any atom is 0.272 e. The number of hydrogen-bond acceptors (Lipinski definition) is 5. The topological polar surface area (TPSA) is 70.6 Å². The molecule has 0 radical (unpaired) electrons. The Morgan fingerprint density at radius 2 is 1.88 bits per heavy atom. The van der Waals surface area contributed by atoms with Gasteiger partial charge < -0.3 is 9.80 Å².